The third-order valence-electron chi connectivity index (χ3n) is 1.93. The molecule has 0 heterocycles. The Morgan fingerprint density at radius 2 is 1.46 bits per heavy atom. The fraction of sp³-hybridized carbons (Fsp3) is 0.800. The van der Waals surface area contributed by atoms with Crippen molar-refractivity contribution in [1.29, 1.82) is 0 Å². The second kappa shape index (κ2) is 6.78. The van der Waals surface area contributed by atoms with E-state index < -0.39 is 6.04 Å². The van der Waals surface area contributed by atoms with Crippen molar-refractivity contribution in [3.8, 4) is 0 Å². The highest BCUT2D eigenvalue weighted by atomic mass is 16.2. The van der Waals surface area contributed by atoms with Gasteiger partial charge in [-0.3, -0.25) is 9.59 Å². The summed E-state index contributed by atoms with van der Waals surface area (Å²) in [5.74, 6) is 0.0342. The van der Waals surface area contributed by atoms with Crippen LogP contribution in [0.2, 0.25) is 0 Å². The van der Waals surface area contributed by atoms with E-state index in [4.69, 9.17) is 0 Å². The van der Waals surface area contributed by atoms with E-state index in [1.54, 1.807) is 7.05 Å². The quantitative estimate of drug-likeness (QED) is 0.608. The topological polar surface area (TPSA) is 46.2 Å². The van der Waals surface area contributed by atoms with Crippen LogP contribution in [0.3, 0.4) is 0 Å². The van der Waals surface area contributed by atoms with Crippen LogP contribution in [0, 0.1) is 0 Å². The minimum Gasteiger partial charge on any atom is -0.304 e. The van der Waals surface area contributed by atoms with Gasteiger partial charge in [0.25, 0.3) is 0 Å². The van der Waals surface area contributed by atoms with Gasteiger partial charge in [0, 0.05) is 12.8 Å². The number of hydrogen-bond donors (Lipinski definition) is 1. The molecule has 3 nitrogen and oxygen atoms in total. The smallest absolute Gasteiger partial charge is 0.157 e. The van der Waals surface area contributed by atoms with Gasteiger partial charge in [-0.1, -0.05) is 13.8 Å². The highest BCUT2D eigenvalue weighted by Gasteiger charge is 2.22. The molecule has 0 amide bonds. The molecule has 0 aliphatic heterocycles. The van der Waals surface area contributed by atoms with Crippen molar-refractivity contribution in [1.82, 2.24) is 5.32 Å². The van der Waals surface area contributed by atoms with Crippen molar-refractivity contribution in [3.05, 3.63) is 0 Å². The molecule has 0 saturated carbocycles. The monoisotopic (exact) mass is 185 g/mol. The number of ketones is 2. The predicted molar refractivity (Wildman–Crippen MR) is 52.7 cm³/mol. The van der Waals surface area contributed by atoms with Crippen LogP contribution in [0.15, 0.2) is 0 Å². The van der Waals surface area contributed by atoms with Crippen molar-refractivity contribution < 1.29 is 9.59 Å². The Balaban J connectivity index is 4.15. The van der Waals surface area contributed by atoms with E-state index >= 15 is 0 Å². The number of carbonyl (C=O) groups is 2. The second-order valence-electron chi connectivity index (χ2n) is 3.15. The number of carbonyl (C=O) groups excluding carboxylic acids is 2. The van der Waals surface area contributed by atoms with Crippen molar-refractivity contribution in [2.75, 3.05) is 7.05 Å². The number of likely N-dealkylation sites (N-methyl/N-ethyl adjacent to an activating group) is 1. The Kier molecular flexibility index (Phi) is 6.41. The summed E-state index contributed by atoms with van der Waals surface area (Å²) in [7, 11) is 1.66. The van der Waals surface area contributed by atoms with E-state index in [9.17, 15) is 9.59 Å². The van der Waals surface area contributed by atoms with Crippen LogP contribution in [0.25, 0.3) is 0 Å². The molecule has 0 unspecified atom stereocenters. The Labute approximate surface area is 79.9 Å². The molecule has 0 fully saturated rings. The van der Waals surface area contributed by atoms with Crippen LogP contribution in [0.1, 0.15) is 39.5 Å². The summed E-state index contributed by atoms with van der Waals surface area (Å²) >= 11 is 0. The summed E-state index contributed by atoms with van der Waals surface area (Å²) in [6.07, 6.45) is 2.58. The van der Waals surface area contributed by atoms with Crippen molar-refractivity contribution in [3.63, 3.8) is 0 Å². The number of nitrogens with one attached hydrogen (secondary N) is 1. The lowest BCUT2D eigenvalue weighted by Gasteiger charge is -2.12. The highest BCUT2D eigenvalue weighted by molar-refractivity contribution is 6.06. The highest BCUT2D eigenvalue weighted by Crippen LogP contribution is 2.01. The van der Waals surface area contributed by atoms with Gasteiger partial charge in [0.05, 0.1) is 0 Å². The molecule has 3 heteroatoms. The predicted octanol–water partition coefficient (Wildman–Crippen LogP) is 1.31. The molecule has 0 atom stereocenters. The minimum atomic E-state index is -0.570. The molecule has 0 radical (unpaired) electrons. The fourth-order valence-electron chi connectivity index (χ4n) is 1.28. The molecule has 0 aromatic carbocycles. The molecule has 0 aliphatic carbocycles. The zero-order valence-corrected chi connectivity index (χ0v) is 8.72. The first-order valence-electron chi connectivity index (χ1n) is 4.90. The van der Waals surface area contributed by atoms with Crippen LogP contribution in [0.5, 0.6) is 0 Å². The SMILES string of the molecule is CCCC(=O)C(NC)C(=O)CCC. The Hall–Kier alpha value is -0.700. The van der Waals surface area contributed by atoms with E-state index in [2.05, 4.69) is 5.32 Å². The molecule has 0 rings (SSSR count). The van der Waals surface area contributed by atoms with E-state index in [1.165, 1.54) is 0 Å². The van der Waals surface area contributed by atoms with E-state index in [-0.39, 0.29) is 11.6 Å². The summed E-state index contributed by atoms with van der Waals surface area (Å²) < 4.78 is 0. The maximum absolute atomic E-state index is 11.4. The third kappa shape index (κ3) is 4.18. The van der Waals surface area contributed by atoms with Crippen LogP contribution in [0.4, 0.5) is 0 Å². The lowest BCUT2D eigenvalue weighted by molar-refractivity contribution is -0.129. The second-order valence-corrected chi connectivity index (χ2v) is 3.15. The molecule has 0 aromatic rings. The van der Waals surface area contributed by atoms with Gasteiger partial charge >= 0.3 is 0 Å². The van der Waals surface area contributed by atoms with Crippen LogP contribution in [-0.2, 0) is 9.59 Å². The maximum Gasteiger partial charge on any atom is 0.157 e. The molecular weight excluding hydrogens is 166 g/mol. The average Bonchev–Trinajstić information content (AvgIpc) is 2.06. The maximum atomic E-state index is 11.4. The number of rotatable bonds is 7. The summed E-state index contributed by atoms with van der Waals surface area (Å²) in [5.41, 5.74) is 0. The molecule has 0 aromatic heterocycles. The summed E-state index contributed by atoms with van der Waals surface area (Å²) in [6, 6.07) is -0.570. The summed E-state index contributed by atoms with van der Waals surface area (Å²) in [6.45, 7) is 3.88. The van der Waals surface area contributed by atoms with Gasteiger partial charge < -0.3 is 5.32 Å². The van der Waals surface area contributed by atoms with Crippen LogP contribution < -0.4 is 5.32 Å². The van der Waals surface area contributed by atoms with Crippen molar-refractivity contribution in [2.45, 2.75) is 45.6 Å². The standard InChI is InChI=1S/C10H19NO2/c1-4-6-8(12)10(11-3)9(13)7-5-2/h10-11H,4-7H2,1-3H3. The van der Waals surface area contributed by atoms with E-state index in [0.717, 1.165) is 12.8 Å². The number of hydrogen-bond acceptors (Lipinski definition) is 3. The Morgan fingerprint density at radius 1 is 1.08 bits per heavy atom. The zero-order valence-electron chi connectivity index (χ0n) is 8.72. The van der Waals surface area contributed by atoms with Gasteiger partial charge in [0.1, 0.15) is 6.04 Å². The van der Waals surface area contributed by atoms with Crippen molar-refractivity contribution >= 4 is 11.6 Å². The average molecular weight is 185 g/mol. The molecule has 76 valence electrons. The normalized spacial score (nSPS) is 10.5. The third-order valence-corrected chi connectivity index (χ3v) is 1.93. The lowest BCUT2D eigenvalue weighted by Crippen LogP contribution is -2.41. The first kappa shape index (κ1) is 12.3. The van der Waals surface area contributed by atoms with Gasteiger partial charge in [0.15, 0.2) is 11.6 Å². The molecular formula is C10H19NO2. The number of Topliss-reactive ketones (excluding diaryl/α,β-unsaturated/α-hetero) is 2. The Bertz CT molecular complexity index is 160. The molecule has 1 N–H and O–H groups in total. The fourth-order valence-corrected chi connectivity index (χ4v) is 1.28. The zero-order chi connectivity index (χ0) is 10.3. The van der Waals surface area contributed by atoms with Crippen LogP contribution in [-0.4, -0.2) is 24.7 Å². The van der Waals surface area contributed by atoms with Gasteiger partial charge in [0.2, 0.25) is 0 Å². The minimum absolute atomic E-state index is 0.0171. The first-order chi connectivity index (χ1) is 6.17. The van der Waals surface area contributed by atoms with Crippen molar-refractivity contribution in [2.24, 2.45) is 0 Å². The van der Waals surface area contributed by atoms with Crippen LogP contribution >= 0.6 is 0 Å². The van der Waals surface area contributed by atoms with Gasteiger partial charge in [-0.15, -0.1) is 0 Å². The summed E-state index contributed by atoms with van der Waals surface area (Å²) in [4.78, 5) is 22.8. The Morgan fingerprint density at radius 3 is 1.69 bits per heavy atom. The van der Waals surface area contributed by atoms with E-state index in [1.807, 2.05) is 13.8 Å². The molecule has 0 spiro atoms. The lowest BCUT2D eigenvalue weighted by atomic mass is 10.0. The van der Waals surface area contributed by atoms with Gasteiger partial charge in [-0.25, -0.2) is 0 Å². The molecule has 13 heavy (non-hydrogen) atoms. The van der Waals surface area contributed by atoms with Gasteiger partial charge in [-0.2, -0.15) is 0 Å². The molecule has 0 saturated heterocycles. The van der Waals surface area contributed by atoms with E-state index in [0.29, 0.717) is 12.8 Å². The molecule has 0 aliphatic rings. The van der Waals surface area contributed by atoms with Gasteiger partial charge in [-0.05, 0) is 19.9 Å². The largest absolute Gasteiger partial charge is 0.304 e. The summed E-state index contributed by atoms with van der Waals surface area (Å²) in [5, 5.41) is 2.77. The molecule has 0 bridgehead atoms. The first-order valence-corrected chi connectivity index (χ1v) is 4.90.